The molecule has 6 rings (SSSR count). The Balaban J connectivity index is 1.33. The number of rotatable bonds is 14. The Morgan fingerprint density at radius 2 is 1.51 bits per heavy atom. The fourth-order valence-corrected chi connectivity index (χ4v) is 6.15. The summed E-state index contributed by atoms with van der Waals surface area (Å²) in [7, 11) is 0. The molecule has 274 valence electrons. The Hall–Kier alpha value is -6.62. The molecule has 0 aliphatic heterocycles. The van der Waals surface area contributed by atoms with Crippen LogP contribution in [-0.4, -0.2) is 69.2 Å². The van der Waals surface area contributed by atoms with Crippen LogP contribution < -0.4 is 22.1 Å². The van der Waals surface area contributed by atoms with Crippen LogP contribution in [0, 0.1) is 20.8 Å². The molecule has 2 aromatic carbocycles. The Morgan fingerprint density at radius 1 is 0.849 bits per heavy atom. The normalized spacial score (nSPS) is 11.6. The molecule has 0 saturated heterocycles. The molecule has 4 heterocycles. The van der Waals surface area contributed by atoms with Crippen molar-refractivity contribution in [1.82, 2.24) is 33.9 Å². The van der Waals surface area contributed by atoms with Crippen molar-refractivity contribution in [1.29, 1.82) is 0 Å². The molecule has 0 aliphatic rings. The number of primary amides is 2. The van der Waals surface area contributed by atoms with Crippen molar-refractivity contribution in [2.75, 3.05) is 17.2 Å². The van der Waals surface area contributed by atoms with Crippen molar-refractivity contribution in [3.8, 4) is 0 Å². The molecule has 0 spiro atoms. The van der Waals surface area contributed by atoms with Crippen molar-refractivity contribution in [3.05, 3.63) is 94.0 Å². The SMILES string of the molecule is CCc1nc(C)oc1C(=O)Nc1nc2cc(C(N)=O)cc(C)c2n1C/C=C/Cn1c(NC(=O)c2cc(C)nn2CCCO)nc2cc(C(N)=O)ccc21. The first kappa shape index (κ1) is 36.2. The van der Waals surface area contributed by atoms with E-state index >= 15 is 0 Å². The summed E-state index contributed by atoms with van der Waals surface area (Å²) in [6.45, 7) is 7.90. The number of nitrogens with zero attached hydrogens (tertiary/aromatic N) is 7. The minimum Gasteiger partial charge on any atom is -0.436 e. The molecule has 7 N–H and O–H groups in total. The molecule has 0 aliphatic carbocycles. The predicted molar refractivity (Wildman–Crippen MR) is 196 cm³/mol. The van der Waals surface area contributed by atoms with E-state index < -0.39 is 23.6 Å². The van der Waals surface area contributed by atoms with E-state index in [4.69, 9.17) is 15.9 Å². The quantitative estimate of drug-likeness (QED) is 0.103. The van der Waals surface area contributed by atoms with Gasteiger partial charge in [-0.05, 0) is 68.7 Å². The summed E-state index contributed by atoms with van der Waals surface area (Å²) >= 11 is 0. The van der Waals surface area contributed by atoms with E-state index in [1.165, 1.54) is 4.68 Å². The van der Waals surface area contributed by atoms with Crippen LogP contribution in [0.15, 0.2) is 53.0 Å². The van der Waals surface area contributed by atoms with Gasteiger partial charge in [-0.2, -0.15) is 5.10 Å². The lowest BCUT2D eigenvalue weighted by atomic mass is 10.1. The summed E-state index contributed by atoms with van der Waals surface area (Å²) in [5.74, 6) is -1.33. The zero-order valence-corrected chi connectivity index (χ0v) is 29.6. The maximum absolute atomic E-state index is 13.5. The van der Waals surface area contributed by atoms with Crippen LogP contribution in [-0.2, 0) is 26.1 Å². The number of carbonyl (C=O) groups is 4. The first-order valence-electron chi connectivity index (χ1n) is 16.9. The van der Waals surface area contributed by atoms with Crippen LogP contribution in [0.2, 0.25) is 0 Å². The minimum atomic E-state index is -0.617. The Bertz CT molecular complexity index is 2430. The summed E-state index contributed by atoms with van der Waals surface area (Å²) in [4.78, 5) is 64.5. The van der Waals surface area contributed by atoms with Gasteiger partial charge in [0, 0.05) is 44.3 Å². The molecule has 53 heavy (non-hydrogen) atoms. The number of hydrogen-bond acceptors (Lipinski definition) is 10. The summed E-state index contributed by atoms with van der Waals surface area (Å²) < 4.78 is 10.7. The largest absolute Gasteiger partial charge is 0.436 e. The highest BCUT2D eigenvalue weighted by Crippen LogP contribution is 2.27. The second kappa shape index (κ2) is 14.9. The number of allylic oxidation sites excluding steroid dienone is 2. The van der Waals surface area contributed by atoms with Crippen LogP contribution >= 0.6 is 0 Å². The summed E-state index contributed by atoms with van der Waals surface area (Å²) in [5.41, 5.74) is 16.0. The Labute approximate surface area is 302 Å². The molecular weight excluding hydrogens is 682 g/mol. The number of aliphatic hydroxyl groups excluding tert-OH is 1. The maximum atomic E-state index is 13.5. The second-order valence-corrected chi connectivity index (χ2v) is 12.4. The number of carbonyl (C=O) groups excluding carboxylic acids is 4. The number of benzene rings is 2. The van der Waals surface area contributed by atoms with E-state index in [9.17, 15) is 24.3 Å². The van der Waals surface area contributed by atoms with E-state index in [0.29, 0.717) is 70.0 Å². The summed E-state index contributed by atoms with van der Waals surface area (Å²) in [6.07, 6.45) is 4.62. The lowest BCUT2D eigenvalue weighted by molar-refractivity contribution is 0.0987. The molecule has 0 radical (unpaired) electrons. The van der Waals surface area contributed by atoms with E-state index in [1.54, 1.807) is 59.4 Å². The van der Waals surface area contributed by atoms with Gasteiger partial charge in [0.1, 0.15) is 5.69 Å². The molecular formula is C36H39N11O6. The predicted octanol–water partition coefficient (Wildman–Crippen LogP) is 3.40. The highest BCUT2D eigenvalue weighted by atomic mass is 16.4. The number of nitrogens with one attached hydrogen (secondary N) is 2. The molecule has 0 atom stereocenters. The number of fused-ring (bicyclic) bond motifs is 2. The molecule has 0 saturated carbocycles. The first-order valence-corrected chi connectivity index (χ1v) is 16.9. The van der Waals surface area contributed by atoms with Crippen molar-refractivity contribution < 1.29 is 28.7 Å². The monoisotopic (exact) mass is 721 g/mol. The fraction of sp³-hybridized carbons (Fsp3) is 0.278. The lowest BCUT2D eigenvalue weighted by Gasteiger charge is -2.11. The molecule has 6 aromatic rings. The second-order valence-electron chi connectivity index (χ2n) is 12.4. The number of anilines is 2. The topological polar surface area (TPSA) is 244 Å². The van der Waals surface area contributed by atoms with Crippen molar-refractivity contribution in [3.63, 3.8) is 0 Å². The Morgan fingerprint density at radius 3 is 2.21 bits per heavy atom. The third-order valence-corrected chi connectivity index (χ3v) is 8.55. The smallest absolute Gasteiger partial charge is 0.295 e. The average Bonchev–Trinajstić information content (AvgIpc) is 3.87. The van der Waals surface area contributed by atoms with Crippen LogP contribution in [0.5, 0.6) is 0 Å². The molecule has 17 heteroatoms. The lowest BCUT2D eigenvalue weighted by Crippen LogP contribution is -2.20. The summed E-state index contributed by atoms with van der Waals surface area (Å²) in [6, 6.07) is 9.73. The molecule has 0 unspecified atom stereocenters. The minimum absolute atomic E-state index is 0.0536. The van der Waals surface area contributed by atoms with Gasteiger partial charge in [-0.25, -0.2) is 15.0 Å². The van der Waals surface area contributed by atoms with Crippen LogP contribution in [0.25, 0.3) is 22.1 Å². The van der Waals surface area contributed by atoms with Gasteiger partial charge in [0.15, 0.2) is 5.89 Å². The number of aromatic nitrogens is 7. The third-order valence-electron chi connectivity index (χ3n) is 8.55. The van der Waals surface area contributed by atoms with E-state index in [-0.39, 0.29) is 48.5 Å². The van der Waals surface area contributed by atoms with Gasteiger partial charge in [0.2, 0.25) is 29.5 Å². The van der Waals surface area contributed by atoms with Crippen molar-refractivity contribution >= 4 is 57.6 Å². The van der Waals surface area contributed by atoms with Gasteiger partial charge in [0.25, 0.3) is 11.8 Å². The number of aryl methyl sites for hydroxylation is 5. The van der Waals surface area contributed by atoms with Crippen LogP contribution in [0.1, 0.15) is 77.9 Å². The number of nitrogens with two attached hydrogens (primary N) is 2. The number of aliphatic hydroxyl groups is 1. The van der Waals surface area contributed by atoms with E-state index in [1.807, 2.05) is 26.0 Å². The van der Waals surface area contributed by atoms with Gasteiger partial charge >= 0.3 is 0 Å². The first-order chi connectivity index (χ1) is 25.4. The fourth-order valence-electron chi connectivity index (χ4n) is 6.15. The molecule has 4 aromatic heterocycles. The number of imidazole rings is 2. The van der Waals surface area contributed by atoms with Gasteiger partial charge in [-0.15, -0.1) is 0 Å². The average molecular weight is 722 g/mol. The standard InChI is InChI=1S/C36H39N11O6/c1-5-24-30(53-21(4)39-24)34(52)43-36-41-26-18-23(32(38)50)15-19(2)29(26)46(36)12-7-6-11-45-27-10-9-22(31(37)49)17-25(27)40-35(45)42-33(51)28-16-20(3)44-47(28)13-8-14-48/h6-7,9-10,15-18,48H,5,8,11-14H2,1-4H3,(H2,37,49)(H2,38,50)(H,40,42,51)(H,41,43,52)/b7-6+. The van der Waals surface area contributed by atoms with Crippen molar-refractivity contribution in [2.45, 2.75) is 60.2 Å². The molecule has 0 fully saturated rings. The maximum Gasteiger partial charge on any atom is 0.295 e. The Kier molecular flexibility index (Phi) is 10.2. The van der Waals surface area contributed by atoms with Gasteiger partial charge in [-0.3, -0.25) is 34.5 Å². The van der Waals surface area contributed by atoms with Crippen LogP contribution in [0.3, 0.4) is 0 Å². The zero-order chi connectivity index (χ0) is 38.0. The summed E-state index contributed by atoms with van der Waals surface area (Å²) in [5, 5.41) is 19.4. The van der Waals surface area contributed by atoms with E-state index in [2.05, 4.69) is 30.7 Å². The molecule has 4 amide bonds. The highest BCUT2D eigenvalue weighted by molar-refractivity contribution is 6.04. The van der Waals surface area contributed by atoms with Gasteiger partial charge in [-0.1, -0.05) is 19.1 Å². The van der Waals surface area contributed by atoms with Gasteiger partial charge in [0.05, 0.1) is 33.5 Å². The van der Waals surface area contributed by atoms with Crippen molar-refractivity contribution in [2.24, 2.45) is 11.5 Å². The van der Waals surface area contributed by atoms with E-state index in [0.717, 1.165) is 0 Å². The third kappa shape index (κ3) is 7.41. The highest BCUT2D eigenvalue weighted by Gasteiger charge is 2.23. The van der Waals surface area contributed by atoms with Crippen LogP contribution in [0.4, 0.5) is 11.9 Å². The number of amides is 4. The number of hydrogen-bond donors (Lipinski definition) is 5. The molecule has 17 nitrogen and oxygen atoms in total. The number of oxazole rings is 1. The zero-order valence-electron chi connectivity index (χ0n) is 29.6. The molecule has 0 bridgehead atoms. The van der Waals surface area contributed by atoms with Gasteiger partial charge < -0.3 is 30.1 Å².